The first-order valence-electron chi connectivity index (χ1n) is 6.00. The number of nitrogens with one attached hydrogen (secondary N) is 1. The van der Waals surface area contributed by atoms with Gasteiger partial charge < -0.3 is 15.2 Å². The first kappa shape index (κ1) is 14.2. The second-order valence-electron chi connectivity index (χ2n) is 4.20. The van der Waals surface area contributed by atoms with Gasteiger partial charge in [0.15, 0.2) is 0 Å². The Balaban J connectivity index is 2.09. The minimum absolute atomic E-state index is 0.201. The number of benzene rings is 2. The van der Waals surface area contributed by atoms with Crippen molar-refractivity contribution in [2.24, 2.45) is 0 Å². The maximum Gasteiger partial charge on any atom is 0.335 e. The number of anilines is 1. The molecule has 0 heterocycles. The van der Waals surface area contributed by atoms with E-state index < -0.39 is 5.97 Å². The molecule has 5 heteroatoms. The van der Waals surface area contributed by atoms with Crippen LogP contribution in [-0.4, -0.2) is 18.2 Å². The highest BCUT2D eigenvalue weighted by molar-refractivity contribution is 6.33. The standard InChI is InChI=1S/C15H14ClNO3/c1-20-12-5-2-10(3-6-12)9-17-14-8-11(15(18)19)4-7-13(14)16/h2-8,17H,9H2,1H3,(H,18,19). The number of carboxylic acids is 1. The van der Waals surface area contributed by atoms with E-state index in [9.17, 15) is 4.79 Å². The molecular formula is C15H14ClNO3. The molecule has 0 aliphatic heterocycles. The zero-order valence-electron chi connectivity index (χ0n) is 10.9. The van der Waals surface area contributed by atoms with E-state index in [4.69, 9.17) is 21.4 Å². The van der Waals surface area contributed by atoms with Crippen LogP contribution in [0.4, 0.5) is 5.69 Å². The number of methoxy groups -OCH3 is 1. The van der Waals surface area contributed by atoms with Gasteiger partial charge in [-0.25, -0.2) is 4.79 Å². The minimum Gasteiger partial charge on any atom is -0.497 e. The number of ether oxygens (including phenoxy) is 1. The Labute approximate surface area is 122 Å². The quantitative estimate of drug-likeness (QED) is 0.882. The Hall–Kier alpha value is -2.20. The fraction of sp³-hybridized carbons (Fsp3) is 0.133. The van der Waals surface area contributed by atoms with Crippen LogP contribution in [0.3, 0.4) is 0 Å². The van der Waals surface area contributed by atoms with Crippen molar-refractivity contribution in [3.63, 3.8) is 0 Å². The first-order chi connectivity index (χ1) is 9.60. The monoisotopic (exact) mass is 291 g/mol. The van der Waals surface area contributed by atoms with E-state index in [1.807, 2.05) is 24.3 Å². The van der Waals surface area contributed by atoms with Gasteiger partial charge in [-0.1, -0.05) is 23.7 Å². The molecule has 0 unspecified atom stereocenters. The molecule has 20 heavy (non-hydrogen) atoms. The number of hydrogen-bond donors (Lipinski definition) is 2. The molecule has 2 aromatic rings. The van der Waals surface area contributed by atoms with Gasteiger partial charge in [-0.05, 0) is 35.9 Å². The lowest BCUT2D eigenvalue weighted by Gasteiger charge is -2.10. The largest absolute Gasteiger partial charge is 0.497 e. The molecule has 0 aromatic heterocycles. The van der Waals surface area contributed by atoms with Crippen LogP contribution >= 0.6 is 11.6 Å². The van der Waals surface area contributed by atoms with Gasteiger partial charge in [0.25, 0.3) is 0 Å². The SMILES string of the molecule is COc1ccc(CNc2cc(C(=O)O)ccc2Cl)cc1. The van der Waals surface area contributed by atoms with Gasteiger partial charge in [-0.3, -0.25) is 0 Å². The van der Waals surface area contributed by atoms with E-state index >= 15 is 0 Å². The molecule has 0 aliphatic rings. The average Bonchev–Trinajstić information content (AvgIpc) is 2.46. The molecule has 0 atom stereocenters. The number of aromatic carboxylic acids is 1. The topological polar surface area (TPSA) is 58.6 Å². The van der Waals surface area contributed by atoms with Crippen LogP contribution in [0, 0.1) is 0 Å². The Morgan fingerprint density at radius 3 is 2.55 bits per heavy atom. The molecule has 2 aromatic carbocycles. The second-order valence-corrected chi connectivity index (χ2v) is 4.61. The van der Waals surface area contributed by atoms with E-state index in [1.54, 1.807) is 13.2 Å². The van der Waals surface area contributed by atoms with E-state index in [0.29, 0.717) is 17.3 Å². The highest BCUT2D eigenvalue weighted by atomic mass is 35.5. The zero-order valence-corrected chi connectivity index (χ0v) is 11.6. The fourth-order valence-corrected chi connectivity index (χ4v) is 1.92. The van der Waals surface area contributed by atoms with Crippen molar-refractivity contribution in [3.8, 4) is 5.75 Å². The molecule has 0 amide bonds. The summed E-state index contributed by atoms with van der Waals surface area (Å²) in [5.41, 5.74) is 1.84. The van der Waals surface area contributed by atoms with Gasteiger partial charge in [0.1, 0.15) is 5.75 Å². The average molecular weight is 292 g/mol. The lowest BCUT2D eigenvalue weighted by Crippen LogP contribution is -2.02. The fourth-order valence-electron chi connectivity index (χ4n) is 1.73. The van der Waals surface area contributed by atoms with Crippen LogP contribution in [0.5, 0.6) is 5.75 Å². The molecule has 0 saturated heterocycles. The third-order valence-electron chi connectivity index (χ3n) is 2.86. The predicted octanol–water partition coefficient (Wildman–Crippen LogP) is 3.66. The van der Waals surface area contributed by atoms with E-state index in [0.717, 1.165) is 11.3 Å². The van der Waals surface area contributed by atoms with Gasteiger partial charge in [-0.15, -0.1) is 0 Å². The van der Waals surface area contributed by atoms with Crippen LogP contribution in [-0.2, 0) is 6.54 Å². The number of carboxylic acid groups (broad SMARTS) is 1. The Bertz CT molecular complexity index is 611. The summed E-state index contributed by atoms with van der Waals surface area (Å²) in [7, 11) is 1.62. The second kappa shape index (κ2) is 6.30. The van der Waals surface area contributed by atoms with Crippen LogP contribution in [0.15, 0.2) is 42.5 Å². The summed E-state index contributed by atoms with van der Waals surface area (Å²) in [4.78, 5) is 10.9. The van der Waals surface area contributed by atoms with Crippen molar-refractivity contribution in [2.75, 3.05) is 12.4 Å². The van der Waals surface area contributed by atoms with Gasteiger partial charge in [0.05, 0.1) is 23.4 Å². The molecule has 104 valence electrons. The highest BCUT2D eigenvalue weighted by Crippen LogP contribution is 2.24. The lowest BCUT2D eigenvalue weighted by atomic mass is 10.2. The molecule has 4 nitrogen and oxygen atoms in total. The van der Waals surface area contributed by atoms with Crippen molar-refractivity contribution in [1.82, 2.24) is 0 Å². The molecule has 0 aliphatic carbocycles. The molecule has 0 spiro atoms. The third kappa shape index (κ3) is 3.42. The Morgan fingerprint density at radius 1 is 1.25 bits per heavy atom. The summed E-state index contributed by atoms with van der Waals surface area (Å²) in [6, 6.07) is 12.2. The zero-order chi connectivity index (χ0) is 14.5. The summed E-state index contributed by atoms with van der Waals surface area (Å²) in [6.07, 6.45) is 0. The summed E-state index contributed by atoms with van der Waals surface area (Å²) < 4.78 is 5.09. The number of carbonyl (C=O) groups is 1. The molecule has 0 saturated carbocycles. The van der Waals surface area contributed by atoms with Crippen LogP contribution in [0.1, 0.15) is 15.9 Å². The summed E-state index contributed by atoms with van der Waals surface area (Å²) in [6.45, 7) is 0.548. The Kier molecular flexibility index (Phi) is 4.48. The minimum atomic E-state index is -0.978. The van der Waals surface area contributed by atoms with Crippen molar-refractivity contribution < 1.29 is 14.6 Å². The Morgan fingerprint density at radius 2 is 1.95 bits per heavy atom. The number of hydrogen-bond acceptors (Lipinski definition) is 3. The van der Waals surface area contributed by atoms with Crippen LogP contribution < -0.4 is 10.1 Å². The molecule has 0 radical (unpaired) electrons. The molecule has 0 fully saturated rings. The normalized spacial score (nSPS) is 10.1. The first-order valence-corrected chi connectivity index (χ1v) is 6.37. The summed E-state index contributed by atoms with van der Waals surface area (Å²) in [5.74, 6) is -0.186. The van der Waals surface area contributed by atoms with Crippen molar-refractivity contribution in [1.29, 1.82) is 0 Å². The van der Waals surface area contributed by atoms with Gasteiger partial charge in [0, 0.05) is 6.54 Å². The van der Waals surface area contributed by atoms with E-state index in [-0.39, 0.29) is 5.56 Å². The maximum absolute atomic E-state index is 10.9. The molecule has 2 rings (SSSR count). The van der Waals surface area contributed by atoms with Gasteiger partial charge in [0.2, 0.25) is 0 Å². The van der Waals surface area contributed by atoms with E-state index in [1.165, 1.54) is 12.1 Å². The number of rotatable bonds is 5. The summed E-state index contributed by atoms with van der Waals surface area (Å²) in [5, 5.41) is 12.6. The van der Waals surface area contributed by atoms with Crippen LogP contribution in [0.25, 0.3) is 0 Å². The third-order valence-corrected chi connectivity index (χ3v) is 3.18. The molecular weight excluding hydrogens is 278 g/mol. The van der Waals surface area contributed by atoms with Crippen molar-refractivity contribution in [2.45, 2.75) is 6.54 Å². The van der Waals surface area contributed by atoms with Crippen molar-refractivity contribution in [3.05, 3.63) is 58.6 Å². The predicted molar refractivity (Wildman–Crippen MR) is 78.7 cm³/mol. The van der Waals surface area contributed by atoms with Crippen LogP contribution in [0.2, 0.25) is 5.02 Å². The summed E-state index contributed by atoms with van der Waals surface area (Å²) >= 11 is 6.04. The highest BCUT2D eigenvalue weighted by Gasteiger charge is 2.07. The van der Waals surface area contributed by atoms with Gasteiger partial charge >= 0.3 is 5.97 Å². The lowest BCUT2D eigenvalue weighted by molar-refractivity contribution is 0.0697. The van der Waals surface area contributed by atoms with E-state index in [2.05, 4.69) is 5.32 Å². The van der Waals surface area contributed by atoms with Gasteiger partial charge in [-0.2, -0.15) is 0 Å². The molecule has 2 N–H and O–H groups in total. The molecule has 0 bridgehead atoms. The smallest absolute Gasteiger partial charge is 0.335 e. The maximum atomic E-state index is 10.9. The van der Waals surface area contributed by atoms with Crippen molar-refractivity contribution >= 4 is 23.3 Å². The number of halogens is 1.